The van der Waals surface area contributed by atoms with Gasteiger partial charge in [0.15, 0.2) is 23.6 Å². The van der Waals surface area contributed by atoms with E-state index in [1.54, 1.807) is 23.5 Å². The Hall–Kier alpha value is -3.63. The first-order chi connectivity index (χ1) is 16.1. The Morgan fingerprint density at radius 1 is 1.12 bits per heavy atom. The maximum atomic E-state index is 10.1. The molecule has 0 saturated carbocycles. The topological polar surface area (TPSA) is 107 Å². The van der Waals surface area contributed by atoms with Crippen LogP contribution in [-0.4, -0.2) is 70.9 Å². The minimum absolute atomic E-state index is 0.0167. The summed E-state index contributed by atoms with van der Waals surface area (Å²) >= 11 is 0. The highest BCUT2D eigenvalue weighted by Crippen LogP contribution is 2.36. The lowest BCUT2D eigenvalue weighted by atomic mass is 10.0. The second kappa shape index (κ2) is 8.72. The maximum Gasteiger partial charge on any atom is 0.197 e. The first-order valence-electron chi connectivity index (χ1n) is 11.0. The number of hydrazine groups is 1. The molecule has 10 heteroatoms. The number of hydrogen-bond acceptors (Lipinski definition) is 10. The highest BCUT2D eigenvalue weighted by Gasteiger charge is 2.36. The normalized spacial score (nSPS) is 19.4. The third kappa shape index (κ3) is 3.87. The zero-order valence-electron chi connectivity index (χ0n) is 18.7. The molecule has 1 aromatic heterocycles. The fourth-order valence-corrected chi connectivity index (χ4v) is 4.48. The van der Waals surface area contributed by atoms with Gasteiger partial charge < -0.3 is 14.7 Å². The molecule has 2 aliphatic heterocycles. The standard InChI is InChI=1S/C23H28N8O2/c1-28-10-8-17(9-11-28)31(16-6-4-3-5-7-16)29-15-27-30(23(29)24)22-18-12-21(33-2)20(32)13-19(18)25-14-26-22/h3-7,12-15,17,23,32H,8-11,24H2,1-2H3. The van der Waals surface area contributed by atoms with Crippen molar-refractivity contribution in [3.8, 4) is 11.5 Å². The lowest BCUT2D eigenvalue weighted by Crippen LogP contribution is -2.59. The van der Waals surface area contributed by atoms with Crippen LogP contribution in [0, 0.1) is 0 Å². The van der Waals surface area contributed by atoms with Gasteiger partial charge in [-0.25, -0.2) is 20.0 Å². The van der Waals surface area contributed by atoms with Crippen molar-refractivity contribution < 1.29 is 9.84 Å². The largest absolute Gasteiger partial charge is 0.504 e. The number of phenols is 1. The summed E-state index contributed by atoms with van der Waals surface area (Å²) < 4.78 is 5.29. The number of fused-ring (bicyclic) bond motifs is 1. The Bertz CT molecular complexity index is 1150. The average Bonchev–Trinajstić information content (AvgIpc) is 3.21. The summed E-state index contributed by atoms with van der Waals surface area (Å²) in [6, 6.07) is 13.8. The van der Waals surface area contributed by atoms with Crippen molar-refractivity contribution in [2.45, 2.75) is 25.2 Å². The number of benzene rings is 2. The van der Waals surface area contributed by atoms with Crippen molar-refractivity contribution in [3.05, 3.63) is 48.8 Å². The van der Waals surface area contributed by atoms with Crippen LogP contribution in [0.15, 0.2) is 53.9 Å². The van der Waals surface area contributed by atoms with Crippen molar-refractivity contribution >= 4 is 28.7 Å². The van der Waals surface area contributed by atoms with E-state index in [9.17, 15) is 5.11 Å². The van der Waals surface area contributed by atoms with Gasteiger partial charge in [0, 0.05) is 11.5 Å². The van der Waals surface area contributed by atoms with Gasteiger partial charge in [0.1, 0.15) is 12.7 Å². The van der Waals surface area contributed by atoms with E-state index in [2.05, 4.69) is 44.2 Å². The van der Waals surface area contributed by atoms with Gasteiger partial charge in [-0.15, -0.1) is 0 Å². The molecule has 1 atom stereocenters. The molecular formula is C23H28N8O2. The molecule has 0 amide bonds. The Kier molecular flexibility index (Phi) is 5.61. The molecule has 2 aliphatic rings. The van der Waals surface area contributed by atoms with Gasteiger partial charge in [-0.2, -0.15) is 5.10 Å². The van der Waals surface area contributed by atoms with E-state index in [0.29, 0.717) is 28.5 Å². The number of rotatable bonds is 5. The molecule has 1 fully saturated rings. The van der Waals surface area contributed by atoms with Crippen molar-refractivity contribution in [2.75, 3.05) is 37.3 Å². The minimum Gasteiger partial charge on any atom is -0.504 e. The Morgan fingerprint density at radius 2 is 1.88 bits per heavy atom. The van der Waals surface area contributed by atoms with Gasteiger partial charge in [-0.05, 0) is 51.2 Å². The number of hydrazone groups is 1. The van der Waals surface area contributed by atoms with Crippen LogP contribution >= 0.6 is 0 Å². The van der Waals surface area contributed by atoms with Crippen molar-refractivity contribution in [2.24, 2.45) is 10.8 Å². The number of aromatic nitrogens is 2. The van der Waals surface area contributed by atoms with Crippen LogP contribution < -0.4 is 20.5 Å². The fourth-order valence-electron chi connectivity index (χ4n) is 4.48. The molecule has 0 bridgehead atoms. The van der Waals surface area contributed by atoms with E-state index in [1.165, 1.54) is 13.4 Å². The van der Waals surface area contributed by atoms with E-state index in [0.717, 1.165) is 31.6 Å². The van der Waals surface area contributed by atoms with Gasteiger partial charge in [-0.3, -0.25) is 10.7 Å². The number of para-hydroxylation sites is 1. The first kappa shape index (κ1) is 21.2. The van der Waals surface area contributed by atoms with Gasteiger partial charge in [0.25, 0.3) is 0 Å². The predicted molar refractivity (Wildman–Crippen MR) is 128 cm³/mol. The van der Waals surface area contributed by atoms with Crippen LogP contribution in [0.25, 0.3) is 10.9 Å². The number of likely N-dealkylation sites (tertiary alicyclic amines) is 1. The quantitative estimate of drug-likeness (QED) is 0.607. The van der Waals surface area contributed by atoms with Crippen LogP contribution in [0.1, 0.15) is 12.8 Å². The third-order valence-electron chi connectivity index (χ3n) is 6.25. The molecule has 2 aromatic carbocycles. The summed E-state index contributed by atoms with van der Waals surface area (Å²) in [6.07, 6.45) is 4.63. The molecule has 172 valence electrons. The van der Waals surface area contributed by atoms with Gasteiger partial charge >= 0.3 is 0 Å². The number of ether oxygens (including phenoxy) is 1. The van der Waals surface area contributed by atoms with E-state index in [-0.39, 0.29) is 5.75 Å². The monoisotopic (exact) mass is 448 g/mol. The summed E-state index contributed by atoms with van der Waals surface area (Å²) in [5.74, 6) is 0.897. The minimum atomic E-state index is -0.609. The SMILES string of the molecule is COc1cc2c(N3N=CN(N(c4ccccc4)C4CCN(C)CC4)C3N)ncnc2cc1O. The molecule has 3 N–H and O–H groups in total. The van der Waals surface area contributed by atoms with Crippen molar-refractivity contribution in [1.29, 1.82) is 0 Å². The molecule has 0 aliphatic carbocycles. The number of phenolic OH excluding ortho intramolecular Hbond substituents is 1. The first-order valence-corrected chi connectivity index (χ1v) is 11.0. The van der Waals surface area contributed by atoms with Crippen LogP contribution in [0.3, 0.4) is 0 Å². The van der Waals surface area contributed by atoms with E-state index >= 15 is 0 Å². The van der Waals surface area contributed by atoms with Gasteiger partial charge in [0.05, 0.1) is 24.4 Å². The van der Waals surface area contributed by atoms with Gasteiger partial charge in [0.2, 0.25) is 0 Å². The molecule has 0 spiro atoms. The summed E-state index contributed by atoms with van der Waals surface area (Å²) in [7, 11) is 3.66. The van der Waals surface area contributed by atoms with E-state index in [1.807, 2.05) is 23.2 Å². The number of methoxy groups -OCH3 is 1. The summed E-state index contributed by atoms with van der Waals surface area (Å²) in [5.41, 5.74) is 8.40. The zero-order chi connectivity index (χ0) is 22.9. The van der Waals surface area contributed by atoms with Crippen molar-refractivity contribution in [3.63, 3.8) is 0 Å². The Morgan fingerprint density at radius 3 is 2.61 bits per heavy atom. The fraction of sp³-hybridized carbons (Fsp3) is 0.348. The summed E-state index contributed by atoms with van der Waals surface area (Å²) in [6.45, 7) is 2.05. The maximum absolute atomic E-state index is 10.1. The highest BCUT2D eigenvalue weighted by atomic mass is 16.5. The average molecular weight is 449 g/mol. The number of nitrogens with zero attached hydrogens (tertiary/aromatic N) is 7. The zero-order valence-corrected chi connectivity index (χ0v) is 18.7. The molecule has 5 rings (SSSR count). The number of hydrogen-bond donors (Lipinski definition) is 2. The number of anilines is 2. The van der Waals surface area contributed by atoms with Crippen LogP contribution in [-0.2, 0) is 0 Å². The molecule has 1 saturated heterocycles. The molecule has 33 heavy (non-hydrogen) atoms. The third-order valence-corrected chi connectivity index (χ3v) is 6.25. The van der Waals surface area contributed by atoms with Crippen LogP contribution in [0.2, 0.25) is 0 Å². The summed E-state index contributed by atoms with van der Waals surface area (Å²) in [4.78, 5) is 11.1. The van der Waals surface area contributed by atoms with E-state index in [4.69, 9.17) is 10.5 Å². The second-order valence-electron chi connectivity index (χ2n) is 8.32. The number of piperidine rings is 1. The summed E-state index contributed by atoms with van der Waals surface area (Å²) in [5, 5.41) is 21.3. The Balaban J connectivity index is 1.50. The predicted octanol–water partition coefficient (Wildman–Crippen LogP) is 2.17. The van der Waals surface area contributed by atoms with E-state index < -0.39 is 6.29 Å². The molecule has 1 unspecified atom stereocenters. The smallest absolute Gasteiger partial charge is 0.197 e. The van der Waals surface area contributed by atoms with Crippen LogP contribution in [0.4, 0.5) is 11.5 Å². The van der Waals surface area contributed by atoms with Crippen molar-refractivity contribution in [1.82, 2.24) is 19.9 Å². The van der Waals surface area contributed by atoms with Crippen LogP contribution in [0.5, 0.6) is 11.5 Å². The number of nitrogens with two attached hydrogens (primary N) is 1. The molecule has 0 radical (unpaired) electrons. The highest BCUT2D eigenvalue weighted by molar-refractivity contribution is 5.92. The lowest BCUT2D eigenvalue weighted by molar-refractivity contribution is 0.202. The lowest BCUT2D eigenvalue weighted by Gasteiger charge is -2.44. The molecular weight excluding hydrogens is 420 g/mol. The molecule has 10 nitrogen and oxygen atoms in total. The molecule has 3 heterocycles. The van der Waals surface area contributed by atoms with Gasteiger partial charge in [-0.1, -0.05) is 18.2 Å². The molecule has 3 aromatic rings. The number of aromatic hydroxyl groups is 1. The Labute approximate surface area is 192 Å². The second-order valence-corrected chi connectivity index (χ2v) is 8.32.